The second kappa shape index (κ2) is 6.63. The highest BCUT2D eigenvalue weighted by Gasteiger charge is 2.41. The second-order valence-electron chi connectivity index (χ2n) is 4.74. The summed E-state index contributed by atoms with van der Waals surface area (Å²) < 4.78 is 21.6. The smallest absolute Gasteiger partial charge is 0.244 e. The SMILES string of the molecule is C[SiH2]N1[SiH](C)N[SiH2]N[SiH](C)N([SiH2]C)[SiH]2N[SiH]1N2. The van der Waals surface area contributed by atoms with Crippen LogP contribution in [0.15, 0.2) is 0 Å². The molecule has 3 aliphatic rings. The van der Waals surface area contributed by atoms with E-state index in [2.05, 4.69) is 52.6 Å². The lowest BCUT2D eigenvalue weighted by Crippen LogP contribution is -2.90. The molecule has 3 fully saturated rings. The third-order valence-electron chi connectivity index (χ3n) is 3.81. The molecule has 2 atom stereocenters. The van der Waals surface area contributed by atoms with Crippen molar-refractivity contribution in [1.82, 2.24) is 26.4 Å². The fraction of sp³-hybridized carbons (Fsp3) is 1.00. The van der Waals surface area contributed by atoms with Gasteiger partial charge in [-0.2, -0.15) is 0 Å². The molecule has 100 valence electrons. The summed E-state index contributed by atoms with van der Waals surface area (Å²) in [5, 5.41) is 0. The summed E-state index contributed by atoms with van der Waals surface area (Å²) in [5.74, 6) is 0. The third-order valence-corrected chi connectivity index (χ3v) is 34.3. The van der Waals surface area contributed by atoms with E-state index in [1.54, 1.807) is 0 Å². The van der Waals surface area contributed by atoms with Gasteiger partial charge >= 0.3 is 0 Å². The van der Waals surface area contributed by atoms with E-state index in [1.807, 2.05) is 0 Å². The lowest BCUT2D eigenvalue weighted by Gasteiger charge is -2.51. The van der Waals surface area contributed by atoms with Crippen molar-refractivity contribution >= 4 is 66.0 Å². The number of nitrogens with zero attached hydrogens (tertiary/aromatic N) is 2. The van der Waals surface area contributed by atoms with Gasteiger partial charge in [0.2, 0.25) is 18.6 Å². The van der Waals surface area contributed by atoms with E-state index in [1.165, 1.54) is 0 Å². The van der Waals surface area contributed by atoms with Crippen LogP contribution in [0.5, 0.6) is 0 Å². The zero-order valence-electron chi connectivity index (χ0n) is 11.3. The minimum absolute atomic E-state index is 0.000616. The Morgan fingerprint density at radius 3 is 1.65 bits per heavy atom. The van der Waals surface area contributed by atoms with Crippen LogP contribution in [0.2, 0.25) is 26.2 Å². The van der Waals surface area contributed by atoms with Crippen LogP contribution in [0.1, 0.15) is 0 Å². The molecule has 0 aromatic rings. The Hall–Kier alpha value is 1.28. The lowest BCUT2D eigenvalue weighted by atomic mass is 11.9. The Labute approximate surface area is 118 Å². The first-order chi connectivity index (χ1) is 8.17. The number of hydrogen-bond donors (Lipinski definition) is 4. The van der Waals surface area contributed by atoms with Crippen LogP contribution in [0, 0.1) is 0 Å². The molecule has 6 nitrogen and oxygen atoms in total. The van der Waals surface area contributed by atoms with Gasteiger partial charge in [0.05, 0.1) is 19.4 Å². The summed E-state index contributed by atoms with van der Waals surface area (Å²) in [6.07, 6.45) is 0. The summed E-state index contributed by atoms with van der Waals surface area (Å²) in [4.78, 5) is 0. The van der Waals surface area contributed by atoms with Crippen molar-refractivity contribution in [3.8, 4) is 0 Å². The number of hydrogen-bond acceptors (Lipinski definition) is 6. The van der Waals surface area contributed by atoms with E-state index in [4.69, 9.17) is 0 Å². The average Bonchev–Trinajstić information content (AvgIpc) is 2.26. The monoisotopic (exact) mass is 354 g/mol. The van der Waals surface area contributed by atoms with Crippen molar-refractivity contribution < 1.29 is 0 Å². The molecular formula is C4H26N6Si7. The molecule has 3 aliphatic heterocycles. The summed E-state index contributed by atoms with van der Waals surface area (Å²) in [6, 6.07) is 0. The molecule has 3 saturated heterocycles. The number of fused-ring (bicyclic) bond motifs is 6. The molecule has 3 heterocycles. The van der Waals surface area contributed by atoms with Crippen molar-refractivity contribution in [2.24, 2.45) is 0 Å². The standard InChI is InChI=1S/C4H26N6Si7/c1-11-9-14(3)5-13-6-15(4)10(12-2)17-7-16(9)8-17/h5-8,14-17H,11-13H2,1-4H3. The van der Waals surface area contributed by atoms with Gasteiger partial charge in [-0.05, 0) is 13.1 Å². The van der Waals surface area contributed by atoms with E-state index < -0.39 is 36.8 Å². The van der Waals surface area contributed by atoms with Gasteiger partial charge in [-0.3, -0.25) is 0 Å². The summed E-state index contributed by atoms with van der Waals surface area (Å²) >= 11 is 0. The molecule has 4 N–H and O–H groups in total. The maximum Gasteiger partial charge on any atom is 0.244 e. The molecular weight excluding hydrogens is 329 g/mol. The van der Waals surface area contributed by atoms with Crippen LogP contribution in [-0.2, 0) is 0 Å². The Morgan fingerprint density at radius 2 is 1.29 bits per heavy atom. The zero-order valence-corrected chi connectivity index (χ0v) is 20.2. The zero-order chi connectivity index (χ0) is 12.4. The molecule has 17 heavy (non-hydrogen) atoms. The molecule has 3 rings (SSSR count). The van der Waals surface area contributed by atoms with Crippen molar-refractivity contribution in [3.05, 3.63) is 0 Å². The molecule has 13 heteroatoms. The predicted molar refractivity (Wildman–Crippen MR) is 93.9 cm³/mol. The Morgan fingerprint density at radius 1 is 0.882 bits per heavy atom. The van der Waals surface area contributed by atoms with E-state index in [0.29, 0.717) is 0 Å². The maximum atomic E-state index is 4.01. The predicted octanol–water partition coefficient (Wildman–Crippen LogP) is -5.63. The van der Waals surface area contributed by atoms with Crippen molar-refractivity contribution in [2.75, 3.05) is 0 Å². The average molecular weight is 355 g/mol. The van der Waals surface area contributed by atoms with Crippen LogP contribution in [0.25, 0.3) is 0 Å². The topological polar surface area (TPSA) is 54.6 Å². The van der Waals surface area contributed by atoms with Gasteiger partial charge < -0.3 is 26.4 Å². The van der Waals surface area contributed by atoms with E-state index in [-0.39, 0.29) is 29.2 Å². The normalized spacial score (nSPS) is 43.8. The highest BCUT2D eigenvalue weighted by atomic mass is 28.5. The summed E-state index contributed by atoms with van der Waals surface area (Å²) in [5.41, 5.74) is 0. The quantitative estimate of drug-likeness (QED) is 0.371. The fourth-order valence-electron chi connectivity index (χ4n) is 2.63. The van der Waals surface area contributed by atoms with Gasteiger partial charge in [0.15, 0.2) is 28.1 Å². The molecule has 0 aromatic heterocycles. The first-order valence-corrected chi connectivity index (χ1v) is 20.0. The van der Waals surface area contributed by atoms with Gasteiger partial charge in [-0.15, -0.1) is 0 Å². The van der Waals surface area contributed by atoms with Crippen LogP contribution in [0.4, 0.5) is 0 Å². The van der Waals surface area contributed by atoms with Crippen LogP contribution >= 0.6 is 0 Å². The van der Waals surface area contributed by atoms with Gasteiger partial charge in [-0.25, -0.2) is 0 Å². The van der Waals surface area contributed by atoms with Crippen LogP contribution < -0.4 is 18.6 Å². The minimum atomic E-state index is -0.873. The number of nitrogens with one attached hydrogen (secondary N) is 4. The first-order valence-electron chi connectivity index (χ1n) is 6.67. The minimum Gasteiger partial charge on any atom is -0.344 e. The summed E-state index contributed by atoms with van der Waals surface area (Å²) in [7, 11) is -3.52. The van der Waals surface area contributed by atoms with Crippen molar-refractivity contribution in [2.45, 2.75) is 26.2 Å². The molecule has 0 aliphatic carbocycles. The van der Waals surface area contributed by atoms with E-state index >= 15 is 0 Å². The van der Waals surface area contributed by atoms with Crippen LogP contribution in [-0.4, -0.2) is 73.8 Å². The fourth-order valence-corrected chi connectivity index (χ4v) is 35.9. The van der Waals surface area contributed by atoms with Gasteiger partial charge in [0.25, 0.3) is 0 Å². The Bertz CT molecular complexity index is 231. The molecule has 0 radical (unpaired) electrons. The molecule has 0 saturated carbocycles. The largest absolute Gasteiger partial charge is 0.344 e. The molecule has 2 unspecified atom stereocenters. The van der Waals surface area contributed by atoms with Crippen LogP contribution in [0.3, 0.4) is 0 Å². The van der Waals surface area contributed by atoms with Gasteiger partial charge in [0, 0.05) is 0 Å². The maximum absolute atomic E-state index is 4.01. The second-order valence-corrected chi connectivity index (χ2v) is 24.8. The van der Waals surface area contributed by atoms with E-state index in [9.17, 15) is 0 Å². The third kappa shape index (κ3) is 3.24. The number of rotatable bonds is 2. The molecule has 0 amide bonds. The van der Waals surface area contributed by atoms with Crippen molar-refractivity contribution in [1.29, 1.82) is 0 Å². The lowest BCUT2D eigenvalue weighted by molar-refractivity contribution is 0.816. The molecule has 0 spiro atoms. The Kier molecular flexibility index (Phi) is 5.73. The first kappa shape index (κ1) is 14.7. The summed E-state index contributed by atoms with van der Waals surface area (Å²) in [6.45, 7) is 9.86. The van der Waals surface area contributed by atoms with Crippen molar-refractivity contribution in [3.63, 3.8) is 0 Å². The molecule has 2 bridgehead atoms. The highest BCUT2D eigenvalue weighted by Crippen LogP contribution is 2.04. The van der Waals surface area contributed by atoms with Gasteiger partial charge in [0.1, 0.15) is 0 Å². The van der Waals surface area contributed by atoms with E-state index in [0.717, 1.165) is 0 Å². The Balaban J connectivity index is 2.03. The van der Waals surface area contributed by atoms with Gasteiger partial charge in [-0.1, -0.05) is 13.1 Å². The molecule has 0 aromatic carbocycles. The highest BCUT2D eigenvalue weighted by molar-refractivity contribution is 6.98.